The lowest BCUT2D eigenvalue weighted by Crippen LogP contribution is -2.02. The summed E-state index contributed by atoms with van der Waals surface area (Å²) >= 11 is 16.2. The van der Waals surface area contributed by atoms with Gasteiger partial charge in [0.05, 0.1) is 23.6 Å². The molecule has 0 saturated carbocycles. The molecule has 2 aromatic carbocycles. The molecule has 0 aliphatic carbocycles. The molecule has 1 atom stereocenters. The normalized spacial score (nSPS) is 12.0. The number of para-hydroxylation sites is 1. The van der Waals surface area contributed by atoms with Crippen molar-refractivity contribution in [2.45, 2.75) is 12.3 Å². The van der Waals surface area contributed by atoms with Crippen LogP contribution in [-0.2, 0) is 0 Å². The lowest BCUT2D eigenvalue weighted by Gasteiger charge is -2.18. The van der Waals surface area contributed by atoms with Crippen molar-refractivity contribution in [3.05, 3.63) is 57.0 Å². The molecule has 0 saturated heterocycles. The third-order valence-corrected chi connectivity index (χ3v) is 4.28. The molecule has 21 heavy (non-hydrogen) atoms. The summed E-state index contributed by atoms with van der Waals surface area (Å²) in [5.41, 5.74) is 1.68. The Morgan fingerprint density at radius 3 is 2.57 bits per heavy atom. The number of rotatable bonds is 5. The Balaban J connectivity index is 2.52. The molecule has 1 unspecified atom stereocenters. The van der Waals surface area contributed by atoms with E-state index in [0.717, 1.165) is 21.3 Å². The fourth-order valence-corrected chi connectivity index (χ4v) is 3.47. The van der Waals surface area contributed by atoms with E-state index >= 15 is 0 Å². The van der Waals surface area contributed by atoms with E-state index in [1.54, 1.807) is 13.2 Å². The van der Waals surface area contributed by atoms with E-state index in [1.807, 2.05) is 37.3 Å². The van der Waals surface area contributed by atoms with Gasteiger partial charge < -0.3 is 9.47 Å². The molecule has 2 aromatic rings. The zero-order chi connectivity index (χ0) is 15.4. The summed E-state index contributed by atoms with van der Waals surface area (Å²) in [5, 5.41) is 0.176. The molecule has 0 fully saturated rings. The van der Waals surface area contributed by atoms with Crippen LogP contribution in [0.1, 0.15) is 23.4 Å². The molecule has 0 bridgehead atoms. The Labute approximate surface area is 143 Å². The van der Waals surface area contributed by atoms with E-state index in [0.29, 0.717) is 17.4 Å². The molecule has 0 amide bonds. The molecule has 0 spiro atoms. The first-order chi connectivity index (χ1) is 10.1. The zero-order valence-electron chi connectivity index (χ0n) is 11.7. The number of methoxy groups -OCH3 is 1. The van der Waals surface area contributed by atoms with Gasteiger partial charge >= 0.3 is 0 Å². The summed E-state index contributed by atoms with van der Waals surface area (Å²) in [6.07, 6.45) is 0. The predicted molar refractivity (Wildman–Crippen MR) is 91.0 cm³/mol. The van der Waals surface area contributed by atoms with Crippen molar-refractivity contribution in [1.82, 2.24) is 0 Å². The van der Waals surface area contributed by atoms with Gasteiger partial charge in [0.1, 0.15) is 11.5 Å². The van der Waals surface area contributed by atoms with Gasteiger partial charge in [-0.25, -0.2) is 0 Å². The van der Waals surface area contributed by atoms with Gasteiger partial charge in [-0.1, -0.05) is 29.8 Å². The fourth-order valence-electron chi connectivity index (χ4n) is 2.13. The fraction of sp³-hybridized carbons (Fsp3) is 0.250. The number of hydrogen-bond acceptors (Lipinski definition) is 2. The highest BCUT2D eigenvalue weighted by Gasteiger charge is 2.21. The average Bonchev–Trinajstić information content (AvgIpc) is 2.47. The second-order valence-electron chi connectivity index (χ2n) is 4.34. The minimum absolute atomic E-state index is 0.419. The number of ether oxygens (including phenoxy) is 2. The minimum atomic E-state index is -0.419. The highest BCUT2D eigenvalue weighted by atomic mass is 79.9. The Bertz CT molecular complexity index is 632. The first kappa shape index (κ1) is 16.5. The van der Waals surface area contributed by atoms with E-state index in [9.17, 15) is 0 Å². The summed E-state index contributed by atoms with van der Waals surface area (Å²) < 4.78 is 11.9. The van der Waals surface area contributed by atoms with Crippen molar-refractivity contribution >= 4 is 39.1 Å². The van der Waals surface area contributed by atoms with Gasteiger partial charge in [0.25, 0.3) is 0 Å². The topological polar surface area (TPSA) is 18.5 Å². The summed E-state index contributed by atoms with van der Waals surface area (Å²) in [4.78, 5) is 0. The van der Waals surface area contributed by atoms with E-state index in [-0.39, 0.29) is 0 Å². The molecule has 0 heterocycles. The maximum atomic E-state index is 6.66. The van der Waals surface area contributed by atoms with Crippen LogP contribution in [-0.4, -0.2) is 13.7 Å². The van der Waals surface area contributed by atoms with Crippen LogP contribution in [0.25, 0.3) is 0 Å². The minimum Gasteiger partial charge on any atom is -0.495 e. The molecule has 2 nitrogen and oxygen atoms in total. The third kappa shape index (κ3) is 3.65. The molecular formula is C16H15BrCl2O2. The number of hydrogen-bond donors (Lipinski definition) is 0. The zero-order valence-corrected chi connectivity index (χ0v) is 14.8. The van der Waals surface area contributed by atoms with Crippen LogP contribution in [0, 0.1) is 0 Å². The second-order valence-corrected chi connectivity index (χ2v) is 6.07. The van der Waals surface area contributed by atoms with Crippen molar-refractivity contribution in [1.29, 1.82) is 0 Å². The Morgan fingerprint density at radius 1 is 1.19 bits per heavy atom. The van der Waals surface area contributed by atoms with Crippen molar-refractivity contribution in [2.24, 2.45) is 0 Å². The quantitative estimate of drug-likeness (QED) is 0.598. The SMILES string of the molecule is CCOc1ccccc1C(Cl)c1cc(Cl)cc(Br)c1OC. The van der Waals surface area contributed by atoms with Crippen molar-refractivity contribution in [3.8, 4) is 11.5 Å². The average molecular weight is 390 g/mol. The van der Waals surface area contributed by atoms with Gasteiger partial charge in [-0.15, -0.1) is 11.6 Å². The van der Waals surface area contributed by atoms with Gasteiger partial charge in [-0.2, -0.15) is 0 Å². The van der Waals surface area contributed by atoms with E-state index < -0.39 is 5.38 Å². The predicted octanol–water partition coefficient (Wildman–Crippen LogP) is 5.84. The van der Waals surface area contributed by atoms with Crippen LogP contribution in [0.2, 0.25) is 5.02 Å². The molecule has 0 N–H and O–H groups in total. The van der Waals surface area contributed by atoms with Gasteiger partial charge in [0.15, 0.2) is 0 Å². The lowest BCUT2D eigenvalue weighted by atomic mass is 10.0. The largest absolute Gasteiger partial charge is 0.495 e. The number of alkyl halides is 1. The van der Waals surface area contributed by atoms with Gasteiger partial charge in [0, 0.05) is 16.1 Å². The van der Waals surface area contributed by atoms with E-state index in [4.69, 9.17) is 32.7 Å². The highest BCUT2D eigenvalue weighted by molar-refractivity contribution is 9.10. The monoisotopic (exact) mass is 388 g/mol. The van der Waals surface area contributed by atoms with Crippen LogP contribution >= 0.6 is 39.1 Å². The standard InChI is InChI=1S/C16H15BrCl2O2/c1-3-21-14-7-5-4-6-11(14)15(19)12-8-10(18)9-13(17)16(12)20-2/h4-9,15H,3H2,1-2H3. The van der Waals surface area contributed by atoms with E-state index in [2.05, 4.69) is 15.9 Å². The maximum absolute atomic E-state index is 6.66. The van der Waals surface area contributed by atoms with Gasteiger partial charge in [0.2, 0.25) is 0 Å². The lowest BCUT2D eigenvalue weighted by molar-refractivity contribution is 0.336. The molecule has 0 radical (unpaired) electrons. The molecule has 0 aliphatic heterocycles. The van der Waals surface area contributed by atoms with Crippen LogP contribution in [0.3, 0.4) is 0 Å². The van der Waals surface area contributed by atoms with Crippen LogP contribution in [0.15, 0.2) is 40.9 Å². The van der Waals surface area contributed by atoms with Gasteiger partial charge in [-0.05, 0) is 41.1 Å². The Morgan fingerprint density at radius 2 is 1.90 bits per heavy atom. The van der Waals surface area contributed by atoms with Crippen molar-refractivity contribution in [3.63, 3.8) is 0 Å². The van der Waals surface area contributed by atoms with Crippen molar-refractivity contribution in [2.75, 3.05) is 13.7 Å². The molecular weight excluding hydrogens is 375 g/mol. The summed E-state index contributed by atoms with van der Waals surface area (Å²) in [6, 6.07) is 11.3. The first-order valence-corrected chi connectivity index (χ1v) is 8.08. The summed E-state index contributed by atoms with van der Waals surface area (Å²) in [5.74, 6) is 1.43. The van der Waals surface area contributed by atoms with E-state index in [1.165, 1.54) is 0 Å². The third-order valence-electron chi connectivity index (χ3n) is 3.01. The van der Waals surface area contributed by atoms with Crippen LogP contribution in [0.5, 0.6) is 11.5 Å². The molecule has 2 rings (SSSR count). The van der Waals surface area contributed by atoms with Crippen molar-refractivity contribution < 1.29 is 9.47 Å². The Kier molecular flexibility index (Phi) is 5.80. The molecule has 112 valence electrons. The number of benzene rings is 2. The van der Waals surface area contributed by atoms with Crippen LogP contribution in [0.4, 0.5) is 0 Å². The maximum Gasteiger partial charge on any atom is 0.138 e. The van der Waals surface area contributed by atoms with Crippen LogP contribution < -0.4 is 9.47 Å². The smallest absolute Gasteiger partial charge is 0.138 e. The molecule has 0 aliphatic rings. The molecule has 0 aromatic heterocycles. The molecule has 5 heteroatoms. The second kappa shape index (κ2) is 7.39. The first-order valence-electron chi connectivity index (χ1n) is 6.47. The highest BCUT2D eigenvalue weighted by Crippen LogP contribution is 2.43. The number of halogens is 3. The Hall–Kier alpha value is -0.900. The summed E-state index contributed by atoms with van der Waals surface area (Å²) in [7, 11) is 1.61. The van der Waals surface area contributed by atoms with Gasteiger partial charge in [-0.3, -0.25) is 0 Å². The summed E-state index contributed by atoms with van der Waals surface area (Å²) in [6.45, 7) is 2.52.